The number of benzene rings is 1. The van der Waals surface area contributed by atoms with E-state index in [-0.39, 0.29) is 17.9 Å². The molecule has 0 bridgehead atoms. The Kier molecular flexibility index (Phi) is 5.03. The van der Waals surface area contributed by atoms with E-state index in [0.717, 1.165) is 43.1 Å². The highest BCUT2D eigenvalue weighted by Crippen LogP contribution is 2.25. The average Bonchev–Trinajstić information content (AvgIpc) is 3.46. The molecule has 1 atom stereocenters. The predicted octanol–water partition coefficient (Wildman–Crippen LogP) is 1.67. The quantitative estimate of drug-likeness (QED) is 0.507. The van der Waals surface area contributed by atoms with Crippen molar-refractivity contribution in [3.05, 3.63) is 66.0 Å². The lowest BCUT2D eigenvalue weighted by atomic mass is 9.95. The van der Waals surface area contributed by atoms with Crippen molar-refractivity contribution in [3.8, 4) is 0 Å². The van der Waals surface area contributed by atoms with Crippen molar-refractivity contribution >= 4 is 17.4 Å². The lowest BCUT2D eigenvalue weighted by Crippen LogP contribution is -2.42. The van der Waals surface area contributed by atoms with E-state index in [1.165, 1.54) is 0 Å². The molecule has 0 spiro atoms. The van der Waals surface area contributed by atoms with Gasteiger partial charge < -0.3 is 10.2 Å². The number of nitrogens with one attached hydrogen (secondary N) is 2. The van der Waals surface area contributed by atoms with Gasteiger partial charge >= 0.3 is 0 Å². The van der Waals surface area contributed by atoms with E-state index >= 15 is 0 Å². The molecule has 3 aromatic heterocycles. The minimum Gasteiger partial charge on any atom is -0.355 e. The van der Waals surface area contributed by atoms with Crippen molar-refractivity contribution in [2.45, 2.75) is 25.8 Å². The second kappa shape index (κ2) is 8.13. The number of fused-ring (bicyclic) bond motifs is 1. The van der Waals surface area contributed by atoms with Crippen molar-refractivity contribution in [1.29, 1.82) is 0 Å². The summed E-state index contributed by atoms with van der Waals surface area (Å²) in [5.74, 6) is 2.11. The fraction of sp³-hybridized carbons (Fsp3) is 0.333. The first-order valence-corrected chi connectivity index (χ1v) is 10.3. The van der Waals surface area contributed by atoms with Gasteiger partial charge in [0.05, 0.1) is 0 Å². The molecule has 1 fully saturated rings. The van der Waals surface area contributed by atoms with Gasteiger partial charge in [0.2, 0.25) is 5.91 Å². The molecule has 1 saturated heterocycles. The molecule has 1 unspecified atom stereocenters. The highest BCUT2D eigenvalue weighted by Gasteiger charge is 2.29. The molecular formula is C21H23N9O. The monoisotopic (exact) mass is 417 g/mol. The zero-order valence-corrected chi connectivity index (χ0v) is 17.1. The second-order valence-electron chi connectivity index (χ2n) is 7.72. The van der Waals surface area contributed by atoms with Gasteiger partial charge in [-0.05, 0) is 37.5 Å². The van der Waals surface area contributed by atoms with Crippen LogP contribution < -0.4 is 10.2 Å². The first kappa shape index (κ1) is 19.2. The number of aromatic nitrogens is 7. The van der Waals surface area contributed by atoms with E-state index in [1.54, 1.807) is 10.8 Å². The summed E-state index contributed by atoms with van der Waals surface area (Å²) in [5, 5.41) is 22.7. The van der Waals surface area contributed by atoms with Crippen molar-refractivity contribution in [2.24, 2.45) is 5.92 Å². The number of rotatable bonds is 5. The number of anilines is 1. The molecule has 4 heterocycles. The predicted molar refractivity (Wildman–Crippen MR) is 113 cm³/mol. The van der Waals surface area contributed by atoms with E-state index in [2.05, 4.69) is 40.7 Å². The zero-order chi connectivity index (χ0) is 21.2. The Bertz CT molecular complexity index is 1180. The van der Waals surface area contributed by atoms with Crippen molar-refractivity contribution in [2.75, 3.05) is 18.0 Å². The molecule has 10 heteroatoms. The number of H-pyrrole nitrogens is 1. The summed E-state index contributed by atoms with van der Waals surface area (Å²) < 4.78 is 1.66. The molecule has 0 radical (unpaired) electrons. The highest BCUT2D eigenvalue weighted by molar-refractivity contribution is 5.79. The minimum atomic E-state index is -0.380. The van der Waals surface area contributed by atoms with E-state index in [1.807, 2.05) is 49.4 Å². The molecule has 0 saturated carbocycles. The smallest absolute Gasteiger partial charge is 0.224 e. The molecule has 1 aromatic carbocycles. The van der Waals surface area contributed by atoms with Crippen LogP contribution in [0.4, 0.5) is 5.82 Å². The number of piperidine rings is 1. The number of aryl methyl sites for hydroxylation is 1. The largest absolute Gasteiger partial charge is 0.355 e. The molecule has 158 valence electrons. The van der Waals surface area contributed by atoms with Crippen LogP contribution in [-0.2, 0) is 4.79 Å². The van der Waals surface area contributed by atoms with Crippen LogP contribution in [0.1, 0.15) is 36.1 Å². The topological polar surface area (TPSA) is 117 Å². The lowest BCUT2D eigenvalue weighted by molar-refractivity contribution is -0.126. The van der Waals surface area contributed by atoms with Gasteiger partial charge in [-0.25, -0.2) is 4.98 Å². The number of hydrogen-bond donors (Lipinski definition) is 2. The maximum atomic E-state index is 13.1. The van der Waals surface area contributed by atoms with Crippen LogP contribution in [0.15, 0.2) is 48.8 Å². The van der Waals surface area contributed by atoms with Crippen molar-refractivity contribution in [3.63, 3.8) is 0 Å². The number of hydrogen-bond acceptors (Lipinski definition) is 7. The Morgan fingerprint density at radius 1 is 1.16 bits per heavy atom. The lowest BCUT2D eigenvalue weighted by Gasteiger charge is -2.32. The Balaban J connectivity index is 1.26. The number of nitrogens with zero attached hydrogens (tertiary/aromatic N) is 7. The molecular weight excluding hydrogens is 394 g/mol. The van der Waals surface area contributed by atoms with Gasteiger partial charge in [-0.3, -0.25) is 9.89 Å². The molecule has 31 heavy (non-hydrogen) atoms. The first-order valence-electron chi connectivity index (χ1n) is 10.3. The number of carbonyl (C=O) groups excluding carboxylic acids is 1. The molecule has 1 aliphatic heterocycles. The summed E-state index contributed by atoms with van der Waals surface area (Å²) in [5.41, 5.74) is 1.67. The summed E-state index contributed by atoms with van der Waals surface area (Å²) in [6.07, 6.45) is 3.10. The third-order valence-electron chi connectivity index (χ3n) is 5.63. The van der Waals surface area contributed by atoms with Crippen molar-refractivity contribution in [1.82, 2.24) is 40.3 Å². The minimum absolute atomic E-state index is 0.0261. The van der Waals surface area contributed by atoms with Crippen LogP contribution >= 0.6 is 0 Å². The van der Waals surface area contributed by atoms with Gasteiger partial charge in [-0.2, -0.15) is 9.61 Å². The molecule has 10 nitrogen and oxygen atoms in total. The van der Waals surface area contributed by atoms with Crippen molar-refractivity contribution < 1.29 is 4.79 Å². The first-order chi connectivity index (χ1) is 15.2. The third kappa shape index (κ3) is 3.96. The number of aromatic amines is 1. The molecule has 1 aliphatic rings. The average molecular weight is 417 g/mol. The molecule has 2 N–H and O–H groups in total. The third-order valence-corrected chi connectivity index (χ3v) is 5.63. The van der Waals surface area contributed by atoms with Crippen LogP contribution in [0.2, 0.25) is 0 Å². The fourth-order valence-corrected chi connectivity index (χ4v) is 3.95. The summed E-state index contributed by atoms with van der Waals surface area (Å²) in [7, 11) is 0. The van der Waals surface area contributed by atoms with E-state index in [4.69, 9.17) is 0 Å². The maximum absolute atomic E-state index is 13.1. The van der Waals surface area contributed by atoms with Crippen LogP contribution in [-0.4, -0.2) is 54.0 Å². The Hall–Kier alpha value is -3.82. The van der Waals surface area contributed by atoms with Gasteiger partial charge in [-0.1, -0.05) is 30.3 Å². The summed E-state index contributed by atoms with van der Waals surface area (Å²) >= 11 is 0. The van der Waals surface area contributed by atoms with Gasteiger partial charge in [0.1, 0.15) is 24.0 Å². The number of carbonyl (C=O) groups is 1. The van der Waals surface area contributed by atoms with Crippen LogP contribution in [0.5, 0.6) is 0 Å². The SMILES string of the molecule is Cc1nc(C(NC(=O)C2CCN(c3ccc4nncn4n3)CC2)c2ccccc2)n[nH]1. The molecule has 1 amide bonds. The van der Waals surface area contributed by atoms with Gasteiger partial charge in [-0.15, -0.1) is 15.3 Å². The fourth-order valence-electron chi connectivity index (χ4n) is 3.95. The molecule has 4 aromatic rings. The summed E-state index contributed by atoms with van der Waals surface area (Å²) in [6, 6.07) is 13.3. The van der Waals surface area contributed by atoms with Crippen LogP contribution in [0, 0.1) is 12.8 Å². The number of amides is 1. The zero-order valence-electron chi connectivity index (χ0n) is 17.1. The van der Waals surface area contributed by atoms with Crippen LogP contribution in [0.25, 0.3) is 5.65 Å². The van der Waals surface area contributed by atoms with E-state index in [9.17, 15) is 4.79 Å². The summed E-state index contributed by atoms with van der Waals surface area (Å²) in [4.78, 5) is 19.8. The summed E-state index contributed by atoms with van der Waals surface area (Å²) in [6.45, 7) is 3.37. The Morgan fingerprint density at radius 2 is 1.97 bits per heavy atom. The Labute approximate surface area is 178 Å². The van der Waals surface area contributed by atoms with E-state index < -0.39 is 0 Å². The van der Waals surface area contributed by atoms with Gasteiger partial charge in [0.15, 0.2) is 11.5 Å². The highest BCUT2D eigenvalue weighted by atomic mass is 16.2. The maximum Gasteiger partial charge on any atom is 0.224 e. The van der Waals surface area contributed by atoms with Crippen LogP contribution in [0.3, 0.4) is 0 Å². The standard InChI is InChI=1S/C21H23N9O/c1-14-23-20(27-25-14)19(15-5-3-2-4-6-15)24-21(31)16-9-11-29(12-10-16)18-8-7-17-26-22-13-30(17)28-18/h2-8,13,16,19H,9-12H2,1H3,(H,24,31)(H,23,25,27). The van der Waals surface area contributed by atoms with E-state index in [0.29, 0.717) is 11.5 Å². The Morgan fingerprint density at radius 3 is 2.71 bits per heavy atom. The second-order valence-corrected chi connectivity index (χ2v) is 7.72. The normalized spacial score (nSPS) is 15.8. The molecule has 5 rings (SSSR count). The van der Waals surface area contributed by atoms with Gasteiger partial charge in [0.25, 0.3) is 0 Å². The molecule has 0 aliphatic carbocycles. The van der Waals surface area contributed by atoms with Gasteiger partial charge in [0, 0.05) is 19.0 Å².